The van der Waals surface area contributed by atoms with Gasteiger partial charge in [0, 0.05) is 24.3 Å². The molecule has 1 saturated heterocycles. The summed E-state index contributed by atoms with van der Waals surface area (Å²) in [6.45, 7) is 5.47. The highest BCUT2D eigenvalue weighted by Crippen LogP contribution is 2.25. The first-order chi connectivity index (χ1) is 11.6. The lowest BCUT2D eigenvalue weighted by molar-refractivity contribution is 0.0497. The van der Waals surface area contributed by atoms with Crippen LogP contribution in [0.3, 0.4) is 0 Å². The minimum atomic E-state index is 0.0731. The van der Waals surface area contributed by atoms with Crippen molar-refractivity contribution in [3.63, 3.8) is 0 Å². The zero-order chi connectivity index (χ0) is 16.7. The van der Waals surface area contributed by atoms with Crippen LogP contribution >= 0.6 is 0 Å². The molecule has 0 spiro atoms. The molecule has 0 radical (unpaired) electrons. The van der Waals surface area contributed by atoms with Gasteiger partial charge in [0.1, 0.15) is 0 Å². The quantitative estimate of drug-likeness (QED) is 0.806. The van der Waals surface area contributed by atoms with Crippen LogP contribution in [0.2, 0.25) is 0 Å². The Kier molecular flexibility index (Phi) is 3.45. The van der Waals surface area contributed by atoms with Gasteiger partial charge in [0.15, 0.2) is 0 Å². The Morgan fingerprint density at radius 1 is 1.21 bits per heavy atom. The van der Waals surface area contributed by atoms with Gasteiger partial charge in [0.25, 0.3) is 5.91 Å². The predicted octanol–water partition coefficient (Wildman–Crippen LogP) is 2.59. The van der Waals surface area contributed by atoms with Crippen LogP contribution in [-0.2, 0) is 0 Å². The van der Waals surface area contributed by atoms with E-state index < -0.39 is 0 Å². The number of aryl methyl sites for hydroxylation is 2. The number of aromatic nitrogens is 4. The summed E-state index contributed by atoms with van der Waals surface area (Å²) in [6.07, 6.45) is 3.42. The second kappa shape index (κ2) is 5.63. The maximum absolute atomic E-state index is 12.6. The maximum atomic E-state index is 12.6. The van der Waals surface area contributed by atoms with Crippen molar-refractivity contribution in [3.05, 3.63) is 59.8 Å². The topological polar surface area (TPSA) is 66.8 Å². The van der Waals surface area contributed by atoms with Crippen molar-refractivity contribution in [2.75, 3.05) is 13.1 Å². The van der Waals surface area contributed by atoms with Crippen molar-refractivity contribution < 1.29 is 4.79 Å². The molecule has 2 aromatic heterocycles. The molecule has 1 aliphatic rings. The number of carbonyl (C=O) groups excluding carboxylic acids is 1. The van der Waals surface area contributed by atoms with Gasteiger partial charge in [-0.3, -0.25) is 9.48 Å². The number of imidazole rings is 1. The van der Waals surface area contributed by atoms with Crippen LogP contribution < -0.4 is 0 Å². The number of benzene rings is 1. The van der Waals surface area contributed by atoms with Crippen molar-refractivity contribution in [2.24, 2.45) is 0 Å². The molecule has 0 saturated carbocycles. The summed E-state index contributed by atoms with van der Waals surface area (Å²) in [4.78, 5) is 21.5. The van der Waals surface area contributed by atoms with Crippen molar-refractivity contribution in [1.82, 2.24) is 24.6 Å². The van der Waals surface area contributed by atoms with Gasteiger partial charge in [-0.15, -0.1) is 0 Å². The van der Waals surface area contributed by atoms with Crippen LogP contribution in [-0.4, -0.2) is 43.6 Å². The van der Waals surface area contributed by atoms with Crippen LogP contribution in [0.1, 0.15) is 27.8 Å². The normalized spacial score (nSPS) is 14.7. The van der Waals surface area contributed by atoms with Gasteiger partial charge in [-0.25, -0.2) is 4.98 Å². The highest BCUT2D eigenvalue weighted by molar-refractivity contribution is 5.95. The lowest BCUT2D eigenvalue weighted by Gasteiger charge is -2.39. The van der Waals surface area contributed by atoms with E-state index in [1.165, 1.54) is 0 Å². The fourth-order valence-corrected chi connectivity index (χ4v) is 3.18. The van der Waals surface area contributed by atoms with Crippen LogP contribution in [0.4, 0.5) is 0 Å². The molecule has 0 aliphatic carbocycles. The van der Waals surface area contributed by atoms with E-state index in [2.05, 4.69) is 28.1 Å². The van der Waals surface area contributed by atoms with Crippen molar-refractivity contribution >= 4 is 5.91 Å². The van der Waals surface area contributed by atoms with Crippen molar-refractivity contribution in [2.45, 2.75) is 19.9 Å². The number of hydrogen-bond donors (Lipinski definition) is 1. The van der Waals surface area contributed by atoms with Crippen molar-refractivity contribution in [1.29, 1.82) is 0 Å². The monoisotopic (exact) mass is 321 g/mol. The Morgan fingerprint density at radius 2 is 1.96 bits per heavy atom. The summed E-state index contributed by atoms with van der Waals surface area (Å²) in [5.41, 5.74) is 4.85. The molecule has 3 heterocycles. The van der Waals surface area contributed by atoms with E-state index in [0.29, 0.717) is 18.7 Å². The molecule has 0 unspecified atom stereocenters. The minimum absolute atomic E-state index is 0.0731. The third kappa shape index (κ3) is 2.50. The molecule has 6 nitrogen and oxygen atoms in total. The summed E-state index contributed by atoms with van der Waals surface area (Å²) in [7, 11) is 0. The highest BCUT2D eigenvalue weighted by Gasteiger charge is 2.33. The van der Waals surface area contributed by atoms with Gasteiger partial charge in [-0.05, 0) is 37.6 Å². The molecule has 0 bridgehead atoms. The number of nitrogens with one attached hydrogen (secondary N) is 1. The predicted molar refractivity (Wildman–Crippen MR) is 90.7 cm³/mol. The molecule has 6 heteroatoms. The Bertz CT molecular complexity index is 857. The van der Waals surface area contributed by atoms with E-state index in [1.54, 1.807) is 12.5 Å². The van der Waals surface area contributed by atoms with E-state index in [-0.39, 0.29) is 11.9 Å². The standard InChI is InChI=1S/C18H19N5O/c1-12-7-13(2)23(21-12)16-9-22(10-16)18(24)15-5-3-14(4-6-15)17-8-19-11-20-17/h3-8,11,16H,9-10H2,1-2H3,(H,19,20). The highest BCUT2D eigenvalue weighted by atomic mass is 16.2. The summed E-state index contributed by atoms with van der Waals surface area (Å²) < 4.78 is 2.03. The van der Waals surface area contributed by atoms with Crippen LogP contribution in [0.5, 0.6) is 0 Å². The van der Waals surface area contributed by atoms with Gasteiger partial charge in [0.2, 0.25) is 0 Å². The first-order valence-corrected chi connectivity index (χ1v) is 8.02. The Labute approximate surface area is 140 Å². The molecule has 1 N–H and O–H groups in total. The third-order valence-corrected chi connectivity index (χ3v) is 4.48. The summed E-state index contributed by atoms with van der Waals surface area (Å²) in [6, 6.07) is 9.98. The first-order valence-electron chi connectivity index (χ1n) is 8.02. The number of H-pyrrole nitrogens is 1. The molecular weight excluding hydrogens is 302 g/mol. The number of carbonyl (C=O) groups is 1. The van der Waals surface area contributed by atoms with Gasteiger partial charge < -0.3 is 9.88 Å². The number of hydrogen-bond acceptors (Lipinski definition) is 3. The van der Waals surface area contributed by atoms with Crippen molar-refractivity contribution in [3.8, 4) is 11.3 Å². The smallest absolute Gasteiger partial charge is 0.253 e. The van der Waals surface area contributed by atoms with Gasteiger partial charge >= 0.3 is 0 Å². The van der Waals surface area contributed by atoms with Crippen LogP contribution in [0.15, 0.2) is 42.9 Å². The van der Waals surface area contributed by atoms with E-state index in [1.807, 2.05) is 40.8 Å². The Balaban J connectivity index is 1.43. The van der Waals surface area contributed by atoms with E-state index in [4.69, 9.17) is 0 Å². The van der Waals surface area contributed by atoms with Crippen LogP contribution in [0.25, 0.3) is 11.3 Å². The number of aromatic amines is 1. The average Bonchev–Trinajstić information content (AvgIpc) is 3.16. The first kappa shape index (κ1) is 14.7. The number of likely N-dealkylation sites (tertiary alicyclic amines) is 1. The molecule has 1 aliphatic heterocycles. The molecule has 122 valence electrons. The second-order valence-electron chi connectivity index (χ2n) is 6.28. The Hall–Kier alpha value is -2.89. The average molecular weight is 321 g/mol. The Morgan fingerprint density at radius 3 is 2.54 bits per heavy atom. The molecule has 4 rings (SSSR count). The number of rotatable bonds is 3. The summed E-state index contributed by atoms with van der Waals surface area (Å²) >= 11 is 0. The minimum Gasteiger partial charge on any atom is -0.345 e. The lowest BCUT2D eigenvalue weighted by Crippen LogP contribution is -2.51. The van der Waals surface area contributed by atoms with E-state index in [9.17, 15) is 4.79 Å². The third-order valence-electron chi connectivity index (χ3n) is 4.48. The molecule has 1 fully saturated rings. The molecule has 24 heavy (non-hydrogen) atoms. The number of amides is 1. The SMILES string of the molecule is Cc1cc(C)n(C2CN(C(=O)c3ccc(-c4cnc[nH]4)cc3)C2)n1. The lowest BCUT2D eigenvalue weighted by atomic mass is 10.0. The molecule has 3 aromatic rings. The van der Waals surface area contributed by atoms with Gasteiger partial charge in [0.05, 0.1) is 30.0 Å². The number of nitrogens with zero attached hydrogens (tertiary/aromatic N) is 4. The zero-order valence-corrected chi connectivity index (χ0v) is 13.7. The van der Waals surface area contributed by atoms with Gasteiger partial charge in [-0.2, -0.15) is 5.10 Å². The largest absolute Gasteiger partial charge is 0.345 e. The molecule has 1 aromatic carbocycles. The summed E-state index contributed by atoms with van der Waals surface area (Å²) in [5.74, 6) is 0.0731. The molecule has 1 amide bonds. The maximum Gasteiger partial charge on any atom is 0.253 e. The van der Waals surface area contributed by atoms with Gasteiger partial charge in [-0.1, -0.05) is 12.1 Å². The second-order valence-corrected chi connectivity index (χ2v) is 6.28. The van der Waals surface area contributed by atoms with Crippen LogP contribution in [0, 0.1) is 13.8 Å². The fraction of sp³-hybridized carbons (Fsp3) is 0.278. The van der Waals surface area contributed by atoms with E-state index in [0.717, 1.165) is 22.6 Å². The fourth-order valence-electron chi connectivity index (χ4n) is 3.18. The summed E-state index contributed by atoms with van der Waals surface area (Å²) in [5, 5.41) is 4.51. The molecule has 0 atom stereocenters. The van der Waals surface area contributed by atoms with E-state index >= 15 is 0 Å². The molecular formula is C18H19N5O. The zero-order valence-electron chi connectivity index (χ0n) is 13.7.